The van der Waals surface area contributed by atoms with Gasteiger partial charge < -0.3 is 15.8 Å². The first kappa shape index (κ1) is 14.4. The number of amides is 1. The summed E-state index contributed by atoms with van der Waals surface area (Å²) in [5, 5.41) is 11.6. The zero-order valence-corrected chi connectivity index (χ0v) is 11.6. The number of benzene rings is 2. The summed E-state index contributed by atoms with van der Waals surface area (Å²) >= 11 is 0. The number of anilines is 2. The molecule has 0 radical (unpaired) electrons. The van der Waals surface area contributed by atoms with Crippen LogP contribution in [0.4, 0.5) is 11.4 Å². The van der Waals surface area contributed by atoms with Gasteiger partial charge in [0.25, 0.3) is 5.91 Å². The van der Waals surface area contributed by atoms with E-state index in [-0.39, 0.29) is 5.91 Å². The maximum Gasteiger partial charge on any atom is 0.259 e. The number of nitrogen functional groups attached to an aromatic ring is 1. The number of ether oxygens (including phenoxy) is 1. The summed E-state index contributed by atoms with van der Waals surface area (Å²) in [6.45, 7) is 2.24. The maximum atomic E-state index is 12.3. The van der Waals surface area contributed by atoms with Crippen LogP contribution in [0.2, 0.25) is 0 Å². The molecule has 0 saturated heterocycles. The second-order valence-electron chi connectivity index (χ2n) is 4.30. The van der Waals surface area contributed by atoms with E-state index in [1.165, 1.54) is 0 Å². The van der Waals surface area contributed by atoms with Gasteiger partial charge in [-0.15, -0.1) is 0 Å². The van der Waals surface area contributed by atoms with E-state index in [2.05, 4.69) is 5.32 Å². The van der Waals surface area contributed by atoms with Gasteiger partial charge in [-0.25, -0.2) is 0 Å². The van der Waals surface area contributed by atoms with E-state index in [0.717, 1.165) is 0 Å². The molecule has 0 bridgehead atoms. The molecule has 0 aromatic heterocycles. The molecule has 0 heterocycles. The molecule has 2 rings (SSSR count). The fourth-order valence-corrected chi connectivity index (χ4v) is 1.90. The highest BCUT2D eigenvalue weighted by Crippen LogP contribution is 2.27. The summed E-state index contributed by atoms with van der Waals surface area (Å²) in [6, 6.07) is 13.7. The molecule has 5 nitrogen and oxygen atoms in total. The number of nitrogens with one attached hydrogen (secondary N) is 1. The number of rotatable bonds is 4. The number of hydrogen-bond donors (Lipinski definition) is 2. The predicted molar refractivity (Wildman–Crippen MR) is 81.1 cm³/mol. The third kappa shape index (κ3) is 3.31. The molecular weight excluding hydrogens is 266 g/mol. The van der Waals surface area contributed by atoms with Crippen LogP contribution >= 0.6 is 0 Å². The van der Waals surface area contributed by atoms with Gasteiger partial charge in [-0.05, 0) is 37.3 Å². The van der Waals surface area contributed by atoms with Crippen LogP contribution in [0.1, 0.15) is 22.8 Å². The Bertz CT molecular complexity index is 705. The second-order valence-corrected chi connectivity index (χ2v) is 4.30. The van der Waals surface area contributed by atoms with Gasteiger partial charge in [0.15, 0.2) is 5.75 Å². The van der Waals surface area contributed by atoms with Gasteiger partial charge >= 0.3 is 0 Å². The Hall–Kier alpha value is -3.00. The van der Waals surface area contributed by atoms with Crippen molar-refractivity contribution in [1.82, 2.24) is 0 Å². The number of nitrogens with two attached hydrogens (primary N) is 1. The Kier molecular flexibility index (Phi) is 4.42. The van der Waals surface area contributed by atoms with Crippen LogP contribution in [-0.4, -0.2) is 12.5 Å². The first-order chi connectivity index (χ1) is 10.2. The molecule has 0 aliphatic carbocycles. The van der Waals surface area contributed by atoms with Gasteiger partial charge in [-0.3, -0.25) is 4.79 Å². The minimum Gasteiger partial charge on any atom is -0.491 e. The third-order valence-electron chi connectivity index (χ3n) is 2.83. The second kappa shape index (κ2) is 6.44. The Labute approximate surface area is 123 Å². The lowest BCUT2D eigenvalue weighted by atomic mass is 10.1. The molecule has 0 fully saturated rings. The molecule has 0 spiro atoms. The zero-order chi connectivity index (χ0) is 15.2. The molecule has 2 aromatic carbocycles. The van der Waals surface area contributed by atoms with E-state index < -0.39 is 0 Å². The summed E-state index contributed by atoms with van der Waals surface area (Å²) < 4.78 is 5.43. The van der Waals surface area contributed by atoms with Gasteiger partial charge in [0, 0.05) is 5.69 Å². The SMILES string of the molecule is CCOc1c(N)cccc1C(=O)Nc1cccc(C#N)c1. The maximum absolute atomic E-state index is 12.3. The van der Waals surface area contributed by atoms with Gasteiger partial charge in [-0.1, -0.05) is 12.1 Å². The van der Waals surface area contributed by atoms with Crippen LogP contribution in [0, 0.1) is 11.3 Å². The summed E-state index contributed by atoms with van der Waals surface area (Å²) in [4.78, 5) is 12.3. The van der Waals surface area contributed by atoms with Crippen LogP contribution in [0.25, 0.3) is 0 Å². The normalized spacial score (nSPS) is 9.71. The molecule has 3 N–H and O–H groups in total. The largest absolute Gasteiger partial charge is 0.491 e. The van der Waals surface area contributed by atoms with E-state index in [1.54, 1.807) is 42.5 Å². The number of nitriles is 1. The van der Waals surface area contributed by atoms with Crippen molar-refractivity contribution in [2.75, 3.05) is 17.7 Å². The summed E-state index contributed by atoms with van der Waals surface area (Å²) in [5.41, 5.74) is 7.63. The number of carbonyl (C=O) groups excluding carboxylic acids is 1. The fourth-order valence-electron chi connectivity index (χ4n) is 1.90. The first-order valence-electron chi connectivity index (χ1n) is 6.48. The molecule has 5 heteroatoms. The average Bonchev–Trinajstić information content (AvgIpc) is 2.49. The lowest BCUT2D eigenvalue weighted by molar-refractivity contribution is 0.102. The van der Waals surface area contributed by atoms with Gasteiger partial charge in [0.05, 0.1) is 29.5 Å². The van der Waals surface area contributed by atoms with Gasteiger partial charge in [0.1, 0.15) is 0 Å². The number of carbonyl (C=O) groups is 1. The summed E-state index contributed by atoms with van der Waals surface area (Å²) in [6.07, 6.45) is 0. The molecule has 0 unspecified atom stereocenters. The van der Waals surface area contributed by atoms with Crippen LogP contribution in [0.5, 0.6) is 5.75 Å². The van der Waals surface area contributed by atoms with E-state index in [1.807, 2.05) is 13.0 Å². The Morgan fingerprint density at radius 3 is 2.81 bits per heavy atom. The first-order valence-corrected chi connectivity index (χ1v) is 6.48. The molecule has 1 amide bonds. The zero-order valence-electron chi connectivity index (χ0n) is 11.6. The van der Waals surface area contributed by atoms with Crippen molar-refractivity contribution in [2.45, 2.75) is 6.92 Å². The van der Waals surface area contributed by atoms with Crippen LogP contribution in [0.3, 0.4) is 0 Å². The van der Waals surface area contributed by atoms with Crippen molar-refractivity contribution in [3.63, 3.8) is 0 Å². The van der Waals surface area contributed by atoms with Crippen molar-refractivity contribution in [3.8, 4) is 11.8 Å². The quantitative estimate of drug-likeness (QED) is 0.843. The number of hydrogen-bond acceptors (Lipinski definition) is 4. The van der Waals surface area contributed by atoms with E-state index in [0.29, 0.717) is 34.9 Å². The fraction of sp³-hybridized carbons (Fsp3) is 0.125. The minimum absolute atomic E-state index is 0.333. The lowest BCUT2D eigenvalue weighted by Gasteiger charge is -2.12. The summed E-state index contributed by atoms with van der Waals surface area (Å²) in [5.74, 6) is 0.0368. The molecule has 21 heavy (non-hydrogen) atoms. The molecule has 0 saturated carbocycles. The Morgan fingerprint density at radius 2 is 2.10 bits per heavy atom. The van der Waals surface area contributed by atoms with Crippen molar-refractivity contribution in [1.29, 1.82) is 5.26 Å². The van der Waals surface area contributed by atoms with E-state index in [9.17, 15) is 4.79 Å². The number of para-hydroxylation sites is 1. The third-order valence-corrected chi connectivity index (χ3v) is 2.83. The molecular formula is C16H15N3O2. The lowest BCUT2D eigenvalue weighted by Crippen LogP contribution is -2.14. The van der Waals surface area contributed by atoms with Crippen LogP contribution in [0.15, 0.2) is 42.5 Å². The van der Waals surface area contributed by atoms with E-state index in [4.69, 9.17) is 15.7 Å². The van der Waals surface area contributed by atoms with Crippen molar-refractivity contribution in [3.05, 3.63) is 53.6 Å². The molecule has 106 valence electrons. The molecule has 2 aromatic rings. The highest BCUT2D eigenvalue weighted by atomic mass is 16.5. The van der Waals surface area contributed by atoms with Crippen molar-refractivity contribution in [2.24, 2.45) is 0 Å². The smallest absolute Gasteiger partial charge is 0.259 e. The van der Waals surface area contributed by atoms with Crippen LogP contribution in [-0.2, 0) is 0 Å². The highest BCUT2D eigenvalue weighted by molar-refractivity contribution is 6.07. The summed E-state index contributed by atoms with van der Waals surface area (Å²) in [7, 11) is 0. The highest BCUT2D eigenvalue weighted by Gasteiger charge is 2.15. The van der Waals surface area contributed by atoms with E-state index >= 15 is 0 Å². The molecule has 0 aliphatic rings. The standard InChI is InChI=1S/C16H15N3O2/c1-2-21-15-13(7-4-8-14(15)18)16(20)19-12-6-3-5-11(9-12)10-17/h3-9H,2,18H2,1H3,(H,19,20). The molecule has 0 aliphatic heterocycles. The number of nitrogens with zero attached hydrogens (tertiary/aromatic N) is 1. The Balaban J connectivity index is 2.28. The predicted octanol–water partition coefficient (Wildman–Crippen LogP) is 2.79. The van der Waals surface area contributed by atoms with Gasteiger partial charge in [-0.2, -0.15) is 5.26 Å². The molecule has 0 atom stereocenters. The monoisotopic (exact) mass is 281 g/mol. The Morgan fingerprint density at radius 1 is 1.33 bits per heavy atom. The topological polar surface area (TPSA) is 88.1 Å². The van der Waals surface area contributed by atoms with Gasteiger partial charge in [0.2, 0.25) is 0 Å². The minimum atomic E-state index is -0.333. The van der Waals surface area contributed by atoms with Crippen molar-refractivity contribution < 1.29 is 9.53 Å². The average molecular weight is 281 g/mol. The van der Waals surface area contributed by atoms with Crippen molar-refractivity contribution >= 4 is 17.3 Å². The van der Waals surface area contributed by atoms with Crippen LogP contribution < -0.4 is 15.8 Å².